The zero-order valence-electron chi connectivity index (χ0n) is 13.9. The number of nitrogens with zero attached hydrogens (tertiary/aromatic N) is 3. The van der Waals surface area contributed by atoms with Crippen LogP contribution in [-0.2, 0) is 11.3 Å². The van der Waals surface area contributed by atoms with E-state index in [1.807, 2.05) is 20.8 Å². The third-order valence-electron chi connectivity index (χ3n) is 3.63. The van der Waals surface area contributed by atoms with Gasteiger partial charge in [0.05, 0.1) is 11.6 Å². The van der Waals surface area contributed by atoms with E-state index in [0.717, 1.165) is 5.56 Å². The van der Waals surface area contributed by atoms with Crippen molar-refractivity contribution >= 4 is 6.09 Å². The van der Waals surface area contributed by atoms with Gasteiger partial charge in [-0.15, -0.1) is 0 Å². The molecule has 1 aromatic rings. The number of benzene rings is 1. The first kappa shape index (κ1) is 17.1. The molecule has 1 aliphatic heterocycles. The first-order valence-electron chi connectivity index (χ1n) is 7.71. The Morgan fingerprint density at radius 1 is 1.30 bits per heavy atom. The lowest BCUT2D eigenvalue weighted by atomic mass is 10.1. The van der Waals surface area contributed by atoms with Crippen molar-refractivity contribution in [3.63, 3.8) is 0 Å². The molecule has 1 saturated heterocycles. The van der Waals surface area contributed by atoms with Gasteiger partial charge in [-0.05, 0) is 39.0 Å². The van der Waals surface area contributed by atoms with Gasteiger partial charge in [-0.25, -0.2) is 4.79 Å². The summed E-state index contributed by atoms with van der Waals surface area (Å²) in [5.74, 6) is 0.193. The Bertz CT molecular complexity index is 608. The highest BCUT2D eigenvalue weighted by atomic mass is 16.6. The molecule has 0 atom stereocenters. The van der Waals surface area contributed by atoms with Crippen LogP contribution in [-0.4, -0.2) is 52.8 Å². The normalized spacial score (nSPS) is 16.0. The second-order valence-corrected chi connectivity index (χ2v) is 6.70. The number of carbonyl (C=O) groups is 1. The summed E-state index contributed by atoms with van der Waals surface area (Å²) in [6.07, 6.45) is -0.286. The van der Waals surface area contributed by atoms with Gasteiger partial charge < -0.3 is 14.7 Å². The molecule has 0 spiro atoms. The van der Waals surface area contributed by atoms with Crippen LogP contribution in [0.25, 0.3) is 0 Å². The zero-order chi connectivity index (χ0) is 17.0. The number of carbonyl (C=O) groups excluding carboxylic acids is 1. The van der Waals surface area contributed by atoms with E-state index >= 15 is 0 Å². The molecule has 1 aromatic carbocycles. The lowest BCUT2D eigenvalue weighted by Gasteiger charge is -2.35. The van der Waals surface area contributed by atoms with Crippen molar-refractivity contribution in [3.8, 4) is 11.8 Å². The second kappa shape index (κ2) is 6.88. The van der Waals surface area contributed by atoms with Crippen LogP contribution in [0.5, 0.6) is 5.75 Å². The summed E-state index contributed by atoms with van der Waals surface area (Å²) in [4.78, 5) is 15.9. The fourth-order valence-electron chi connectivity index (χ4n) is 2.44. The van der Waals surface area contributed by atoms with Crippen LogP contribution in [0.1, 0.15) is 31.9 Å². The molecule has 1 amide bonds. The Hall–Kier alpha value is -2.26. The molecule has 6 nitrogen and oxygen atoms in total. The van der Waals surface area contributed by atoms with E-state index in [4.69, 9.17) is 10.00 Å². The number of phenols is 1. The molecule has 0 aliphatic carbocycles. The number of phenolic OH excluding ortho intramolecular Hbond substituents is 1. The molecular formula is C17H23N3O3. The van der Waals surface area contributed by atoms with E-state index in [0.29, 0.717) is 38.3 Å². The van der Waals surface area contributed by atoms with Crippen molar-refractivity contribution in [2.24, 2.45) is 0 Å². The lowest BCUT2D eigenvalue weighted by molar-refractivity contribution is 0.0138. The second-order valence-electron chi connectivity index (χ2n) is 6.70. The van der Waals surface area contributed by atoms with Gasteiger partial charge in [-0.3, -0.25) is 4.90 Å². The number of hydrogen-bond acceptors (Lipinski definition) is 5. The first-order chi connectivity index (χ1) is 10.8. The fraction of sp³-hybridized carbons (Fsp3) is 0.529. The highest BCUT2D eigenvalue weighted by molar-refractivity contribution is 5.68. The average molecular weight is 317 g/mol. The maximum absolute atomic E-state index is 12.0. The smallest absolute Gasteiger partial charge is 0.410 e. The summed E-state index contributed by atoms with van der Waals surface area (Å²) in [6, 6.07) is 6.92. The maximum atomic E-state index is 12.0. The van der Waals surface area contributed by atoms with Crippen molar-refractivity contribution < 1.29 is 14.6 Å². The largest absolute Gasteiger partial charge is 0.508 e. The van der Waals surface area contributed by atoms with Gasteiger partial charge in [-0.2, -0.15) is 5.26 Å². The number of piperazine rings is 1. The highest BCUT2D eigenvalue weighted by Crippen LogP contribution is 2.21. The monoisotopic (exact) mass is 317 g/mol. The molecule has 0 bridgehead atoms. The predicted octanol–water partition coefficient (Wildman–Crippen LogP) is 2.32. The Morgan fingerprint density at radius 3 is 2.52 bits per heavy atom. The van der Waals surface area contributed by atoms with Gasteiger partial charge in [0.15, 0.2) is 0 Å². The molecule has 1 aliphatic rings. The number of aromatic hydroxyl groups is 1. The summed E-state index contributed by atoms with van der Waals surface area (Å²) in [5.41, 5.74) is 0.775. The molecule has 124 valence electrons. The molecule has 1 N–H and O–H groups in total. The van der Waals surface area contributed by atoms with Gasteiger partial charge in [0, 0.05) is 38.3 Å². The molecule has 23 heavy (non-hydrogen) atoms. The predicted molar refractivity (Wildman–Crippen MR) is 85.9 cm³/mol. The fourth-order valence-corrected chi connectivity index (χ4v) is 2.44. The Balaban J connectivity index is 1.90. The van der Waals surface area contributed by atoms with Gasteiger partial charge >= 0.3 is 6.09 Å². The Kier molecular flexibility index (Phi) is 5.12. The van der Waals surface area contributed by atoms with Crippen molar-refractivity contribution in [1.82, 2.24) is 9.80 Å². The number of amides is 1. The zero-order valence-corrected chi connectivity index (χ0v) is 13.9. The van der Waals surface area contributed by atoms with Crippen molar-refractivity contribution in [2.75, 3.05) is 26.2 Å². The molecule has 1 fully saturated rings. The molecule has 0 aromatic heterocycles. The van der Waals surface area contributed by atoms with E-state index in [1.165, 1.54) is 0 Å². The molecule has 6 heteroatoms. The lowest BCUT2D eigenvalue weighted by Crippen LogP contribution is -2.49. The van der Waals surface area contributed by atoms with Crippen LogP contribution in [0, 0.1) is 11.3 Å². The van der Waals surface area contributed by atoms with E-state index in [9.17, 15) is 9.90 Å². The number of hydrogen-bond donors (Lipinski definition) is 1. The highest BCUT2D eigenvalue weighted by Gasteiger charge is 2.26. The van der Waals surface area contributed by atoms with Crippen molar-refractivity contribution in [1.29, 1.82) is 5.26 Å². The number of ether oxygens (including phenoxy) is 1. The molecule has 0 saturated carbocycles. The van der Waals surface area contributed by atoms with Crippen LogP contribution < -0.4 is 0 Å². The standard InChI is InChI=1S/C17H23N3O3/c1-17(2,3)23-16(22)20-8-6-19(7-9-20)12-14-10-13(11-18)4-5-15(14)21/h4-5,10,21H,6-9,12H2,1-3H3. The number of nitriles is 1. The van der Waals surface area contributed by atoms with E-state index in [2.05, 4.69) is 11.0 Å². The van der Waals surface area contributed by atoms with Crippen LogP contribution in [0.2, 0.25) is 0 Å². The molecule has 0 unspecified atom stereocenters. The molecule has 2 rings (SSSR count). The summed E-state index contributed by atoms with van der Waals surface area (Å²) in [7, 11) is 0. The van der Waals surface area contributed by atoms with Crippen molar-refractivity contribution in [2.45, 2.75) is 32.9 Å². The SMILES string of the molecule is CC(C)(C)OC(=O)N1CCN(Cc2cc(C#N)ccc2O)CC1. The van der Waals surface area contributed by atoms with Crippen LogP contribution in [0.3, 0.4) is 0 Å². The van der Waals surface area contributed by atoms with Gasteiger partial charge in [-0.1, -0.05) is 0 Å². The molecule has 0 radical (unpaired) electrons. The summed E-state index contributed by atoms with van der Waals surface area (Å²) in [5, 5.41) is 18.9. The first-order valence-corrected chi connectivity index (χ1v) is 7.71. The van der Waals surface area contributed by atoms with Crippen molar-refractivity contribution in [3.05, 3.63) is 29.3 Å². The Labute approximate surface area is 136 Å². The van der Waals surface area contributed by atoms with Gasteiger partial charge in [0.25, 0.3) is 0 Å². The van der Waals surface area contributed by atoms with E-state index in [-0.39, 0.29) is 11.8 Å². The summed E-state index contributed by atoms with van der Waals surface area (Å²) in [6.45, 7) is 8.71. The minimum atomic E-state index is -0.488. The van der Waals surface area contributed by atoms with Gasteiger partial charge in [0.1, 0.15) is 11.4 Å². The number of rotatable bonds is 2. The van der Waals surface area contributed by atoms with E-state index < -0.39 is 5.60 Å². The van der Waals surface area contributed by atoms with Crippen LogP contribution in [0.15, 0.2) is 18.2 Å². The topological polar surface area (TPSA) is 76.8 Å². The average Bonchev–Trinajstić information content (AvgIpc) is 2.48. The third kappa shape index (κ3) is 4.86. The minimum Gasteiger partial charge on any atom is -0.508 e. The Morgan fingerprint density at radius 2 is 1.96 bits per heavy atom. The van der Waals surface area contributed by atoms with Gasteiger partial charge in [0.2, 0.25) is 0 Å². The van der Waals surface area contributed by atoms with Crippen LogP contribution in [0.4, 0.5) is 4.79 Å². The summed E-state index contributed by atoms with van der Waals surface area (Å²) >= 11 is 0. The van der Waals surface area contributed by atoms with E-state index in [1.54, 1.807) is 23.1 Å². The third-order valence-corrected chi connectivity index (χ3v) is 3.63. The maximum Gasteiger partial charge on any atom is 0.410 e. The summed E-state index contributed by atoms with van der Waals surface area (Å²) < 4.78 is 5.37. The molecule has 1 heterocycles. The quantitative estimate of drug-likeness (QED) is 0.906. The minimum absolute atomic E-state index is 0.193. The molecular weight excluding hydrogens is 294 g/mol. The van der Waals surface area contributed by atoms with Crippen LogP contribution >= 0.6 is 0 Å².